The number of benzene rings is 2. The first-order valence-corrected chi connectivity index (χ1v) is 9.12. The number of methoxy groups -OCH3 is 3. The topological polar surface area (TPSA) is 71.4 Å². The van der Waals surface area contributed by atoms with Crippen molar-refractivity contribution in [3.05, 3.63) is 40.5 Å². The Kier molecular flexibility index (Phi) is 4.30. The van der Waals surface area contributed by atoms with Crippen LogP contribution in [0.3, 0.4) is 0 Å². The summed E-state index contributed by atoms with van der Waals surface area (Å²) in [6, 6.07) is 5.68. The molecule has 2 aliphatic heterocycles. The van der Waals surface area contributed by atoms with Crippen LogP contribution < -0.4 is 14.2 Å². The summed E-state index contributed by atoms with van der Waals surface area (Å²) in [6.45, 7) is 3.05. The predicted molar refractivity (Wildman–Crippen MR) is 101 cm³/mol. The second-order valence-electron chi connectivity index (χ2n) is 7.14. The van der Waals surface area contributed by atoms with Gasteiger partial charge in [-0.2, -0.15) is 0 Å². The van der Waals surface area contributed by atoms with E-state index in [0.717, 1.165) is 47.4 Å². The van der Waals surface area contributed by atoms with Crippen LogP contribution in [0.25, 0.3) is 0 Å². The van der Waals surface area contributed by atoms with Gasteiger partial charge in [0, 0.05) is 24.2 Å². The average Bonchev–Trinajstić information content (AvgIpc) is 2.67. The Bertz CT molecular complexity index is 895. The van der Waals surface area contributed by atoms with Gasteiger partial charge in [0.1, 0.15) is 0 Å². The van der Waals surface area contributed by atoms with Crippen LogP contribution >= 0.6 is 0 Å². The normalized spacial score (nSPS) is 21.0. The Balaban J connectivity index is 1.87. The summed E-state index contributed by atoms with van der Waals surface area (Å²) >= 11 is 0. The Labute approximate surface area is 158 Å². The van der Waals surface area contributed by atoms with Gasteiger partial charge in [-0.05, 0) is 54.7 Å². The average molecular weight is 371 g/mol. The number of hydrogen-bond acceptors (Lipinski definition) is 6. The van der Waals surface area contributed by atoms with E-state index in [-0.39, 0.29) is 23.6 Å². The first-order valence-electron chi connectivity index (χ1n) is 9.12. The summed E-state index contributed by atoms with van der Waals surface area (Å²) < 4.78 is 16.8. The SMILES string of the molecule is COc1cc2c(c(OC)c1OC)C(C)N1CCc3cc(O)c(O)cc3C1C2. The Hall–Kier alpha value is -2.60. The van der Waals surface area contributed by atoms with E-state index >= 15 is 0 Å². The largest absolute Gasteiger partial charge is 0.504 e. The standard InChI is InChI=1S/C21H25NO5/c1-11-19-13(9-18(25-2)20(26-3)21(19)27-4)7-15-14-10-17(24)16(23)8-12(14)5-6-22(11)15/h8-11,15,23-24H,5-7H2,1-4H3. The third kappa shape index (κ3) is 2.58. The lowest BCUT2D eigenvalue weighted by molar-refractivity contribution is 0.114. The third-order valence-corrected chi connectivity index (χ3v) is 5.92. The van der Waals surface area contributed by atoms with Crippen molar-refractivity contribution in [3.8, 4) is 28.7 Å². The minimum absolute atomic E-state index is 0.0560. The van der Waals surface area contributed by atoms with Gasteiger partial charge >= 0.3 is 0 Å². The Morgan fingerprint density at radius 3 is 2.30 bits per heavy atom. The zero-order valence-electron chi connectivity index (χ0n) is 16.1. The highest BCUT2D eigenvalue weighted by atomic mass is 16.5. The maximum atomic E-state index is 10.0. The van der Waals surface area contributed by atoms with E-state index in [1.807, 2.05) is 6.07 Å². The molecule has 0 spiro atoms. The maximum absolute atomic E-state index is 10.0. The van der Waals surface area contributed by atoms with Crippen LogP contribution in [0.2, 0.25) is 0 Å². The highest BCUT2D eigenvalue weighted by molar-refractivity contribution is 5.61. The number of rotatable bonds is 3. The molecular formula is C21H25NO5. The van der Waals surface area contributed by atoms with E-state index in [1.165, 1.54) is 0 Å². The number of phenols is 2. The van der Waals surface area contributed by atoms with Crippen LogP contribution in [0.5, 0.6) is 28.7 Å². The number of hydrogen-bond donors (Lipinski definition) is 2. The van der Waals surface area contributed by atoms with Crippen LogP contribution in [0, 0.1) is 0 Å². The molecule has 2 aromatic rings. The van der Waals surface area contributed by atoms with Gasteiger partial charge in [0.15, 0.2) is 23.0 Å². The number of fused-ring (bicyclic) bond motifs is 4. The molecule has 2 unspecified atom stereocenters. The summed E-state index contributed by atoms with van der Waals surface area (Å²) in [5.74, 6) is 1.86. The molecule has 2 aromatic carbocycles. The number of phenolic OH excluding ortho intramolecular Hbond substituents is 2. The van der Waals surface area contributed by atoms with Gasteiger partial charge in [0.25, 0.3) is 0 Å². The van der Waals surface area contributed by atoms with E-state index < -0.39 is 0 Å². The van der Waals surface area contributed by atoms with Crippen LogP contribution in [0.15, 0.2) is 18.2 Å². The first kappa shape index (κ1) is 17.8. The van der Waals surface area contributed by atoms with Crippen molar-refractivity contribution >= 4 is 0 Å². The molecule has 0 aromatic heterocycles. The maximum Gasteiger partial charge on any atom is 0.203 e. The molecule has 2 aliphatic rings. The highest BCUT2D eigenvalue weighted by Crippen LogP contribution is 2.52. The van der Waals surface area contributed by atoms with Gasteiger partial charge in [0.2, 0.25) is 5.75 Å². The quantitative estimate of drug-likeness (QED) is 0.807. The molecule has 6 nitrogen and oxygen atoms in total. The van der Waals surface area contributed by atoms with Gasteiger partial charge in [-0.3, -0.25) is 4.90 Å². The fraction of sp³-hybridized carbons (Fsp3) is 0.429. The second-order valence-corrected chi connectivity index (χ2v) is 7.14. The summed E-state index contributed by atoms with van der Waals surface area (Å²) in [6.07, 6.45) is 1.60. The molecule has 27 heavy (non-hydrogen) atoms. The second kappa shape index (κ2) is 6.53. The van der Waals surface area contributed by atoms with Crippen molar-refractivity contribution in [1.29, 1.82) is 0 Å². The molecule has 2 N–H and O–H groups in total. The van der Waals surface area contributed by atoms with Gasteiger partial charge in [0.05, 0.1) is 21.3 Å². The monoisotopic (exact) mass is 371 g/mol. The smallest absolute Gasteiger partial charge is 0.203 e. The number of ether oxygens (including phenoxy) is 3. The lowest BCUT2D eigenvalue weighted by atomic mass is 9.80. The van der Waals surface area contributed by atoms with Crippen molar-refractivity contribution in [1.82, 2.24) is 4.90 Å². The molecule has 6 heteroatoms. The third-order valence-electron chi connectivity index (χ3n) is 5.92. The van der Waals surface area contributed by atoms with Crippen LogP contribution in [-0.2, 0) is 12.8 Å². The number of aromatic hydroxyl groups is 2. The molecule has 4 rings (SSSR count). The molecule has 2 atom stereocenters. The molecule has 0 radical (unpaired) electrons. The van der Waals surface area contributed by atoms with E-state index in [9.17, 15) is 10.2 Å². The first-order chi connectivity index (χ1) is 13.0. The lowest BCUT2D eigenvalue weighted by Crippen LogP contribution is -2.41. The summed E-state index contributed by atoms with van der Waals surface area (Å²) in [4.78, 5) is 2.43. The predicted octanol–water partition coefficient (Wildman–Crippen LogP) is 3.34. The molecule has 0 amide bonds. The Morgan fingerprint density at radius 1 is 0.926 bits per heavy atom. The lowest BCUT2D eigenvalue weighted by Gasteiger charge is -2.46. The van der Waals surface area contributed by atoms with Crippen LogP contribution in [0.4, 0.5) is 0 Å². The van der Waals surface area contributed by atoms with Gasteiger partial charge in [-0.25, -0.2) is 0 Å². The van der Waals surface area contributed by atoms with E-state index in [2.05, 4.69) is 11.8 Å². The fourth-order valence-electron chi connectivity index (χ4n) is 4.67. The zero-order chi connectivity index (χ0) is 19.3. The summed E-state index contributed by atoms with van der Waals surface area (Å²) in [5, 5.41) is 19.9. The van der Waals surface area contributed by atoms with Gasteiger partial charge < -0.3 is 24.4 Å². The van der Waals surface area contributed by atoms with Crippen molar-refractivity contribution in [3.63, 3.8) is 0 Å². The zero-order valence-corrected chi connectivity index (χ0v) is 16.1. The molecular weight excluding hydrogens is 346 g/mol. The highest BCUT2D eigenvalue weighted by Gasteiger charge is 2.39. The molecule has 0 saturated heterocycles. The molecule has 0 saturated carbocycles. The van der Waals surface area contributed by atoms with Crippen LogP contribution in [0.1, 0.15) is 41.3 Å². The van der Waals surface area contributed by atoms with E-state index in [0.29, 0.717) is 11.5 Å². The summed E-state index contributed by atoms with van der Waals surface area (Å²) in [5.41, 5.74) is 4.44. The van der Waals surface area contributed by atoms with Crippen LogP contribution in [-0.4, -0.2) is 43.0 Å². The molecule has 0 bridgehead atoms. The minimum Gasteiger partial charge on any atom is -0.504 e. The fourth-order valence-corrected chi connectivity index (χ4v) is 4.67. The molecule has 144 valence electrons. The summed E-state index contributed by atoms with van der Waals surface area (Å²) in [7, 11) is 4.90. The van der Waals surface area contributed by atoms with Crippen molar-refractivity contribution in [2.45, 2.75) is 31.8 Å². The van der Waals surface area contributed by atoms with Crippen molar-refractivity contribution in [2.75, 3.05) is 27.9 Å². The van der Waals surface area contributed by atoms with Crippen molar-refractivity contribution < 1.29 is 24.4 Å². The molecule has 0 fully saturated rings. The molecule has 0 aliphatic carbocycles. The number of nitrogens with zero attached hydrogens (tertiary/aromatic N) is 1. The van der Waals surface area contributed by atoms with Crippen molar-refractivity contribution in [2.24, 2.45) is 0 Å². The Morgan fingerprint density at radius 2 is 1.63 bits per heavy atom. The van der Waals surface area contributed by atoms with Gasteiger partial charge in [-0.15, -0.1) is 0 Å². The van der Waals surface area contributed by atoms with E-state index in [4.69, 9.17) is 14.2 Å². The van der Waals surface area contributed by atoms with E-state index in [1.54, 1.807) is 33.5 Å². The minimum atomic E-state index is -0.0704. The molecule has 2 heterocycles. The van der Waals surface area contributed by atoms with Gasteiger partial charge in [-0.1, -0.05) is 0 Å².